The molecule has 190 valence electrons. The molecular formula is C21H21ClF4N4O4S. The van der Waals surface area contributed by atoms with E-state index in [4.69, 9.17) is 11.6 Å². The number of amides is 2. The van der Waals surface area contributed by atoms with Crippen molar-refractivity contribution in [1.82, 2.24) is 19.8 Å². The first-order valence-electron chi connectivity index (χ1n) is 9.93. The van der Waals surface area contributed by atoms with Gasteiger partial charge in [-0.05, 0) is 26.0 Å². The van der Waals surface area contributed by atoms with E-state index in [1.165, 1.54) is 13.8 Å². The number of hydrogen-bond acceptors (Lipinski definition) is 5. The summed E-state index contributed by atoms with van der Waals surface area (Å²) in [5.74, 6) is -1.94. The zero-order valence-corrected chi connectivity index (χ0v) is 20.3. The number of halogens is 5. The Hall–Kier alpha value is -3.06. The molecule has 0 aliphatic rings. The quantitative estimate of drug-likeness (QED) is 0.234. The molecule has 1 aromatic carbocycles. The Morgan fingerprint density at radius 1 is 1.17 bits per heavy atom. The van der Waals surface area contributed by atoms with E-state index in [2.05, 4.69) is 17.2 Å². The minimum atomic E-state index is -4.97. The molecule has 1 unspecified atom stereocenters. The summed E-state index contributed by atoms with van der Waals surface area (Å²) in [6, 6.07) is 1.99. The average molecular weight is 537 g/mol. The normalized spacial score (nSPS) is 12.2. The number of aromatic nitrogens is 2. The van der Waals surface area contributed by atoms with Gasteiger partial charge in [0.15, 0.2) is 0 Å². The summed E-state index contributed by atoms with van der Waals surface area (Å²) >= 11 is 6.93. The molecule has 1 heterocycles. The third kappa shape index (κ3) is 6.75. The number of hydrogen-bond donors (Lipinski definition) is 2. The third-order valence-electron chi connectivity index (χ3n) is 4.62. The SMILES string of the molecule is C=C(C)C(=O)NCCNC(=O)C(C)Sc1cc(-n2c(=O)cc(C(F)(F)F)n(C)c2=O)c(F)cc1Cl. The van der Waals surface area contributed by atoms with Crippen molar-refractivity contribution < 1.29 is 27.2 Å². The summed E-state index contributed by atoms with van der Waals surface area (Å²) < 4.78 is 54.3. The van der Waals surface area contributed by atoms with Gasteiger partial charge in [-0.25, -0.2) is 13.8 Å². The van der Waals surface area contributed by atoms with E-state index in [1.54, 1.807) is 0 Å². The summed E-state index contributed by atoms with van der Waals surface area (Å²) in [5, 5.41) is 4.20. The van der Waals surface area contributed by atoms with Crippen LogP contribution in [0.2, 0.25) is 5.02 Å². The average Bonchev–Trinajstić information content (AvgIpc) is 2.75. The largest absolute Gasteiger partial charge is 0.431 e. The molecule has 0 fully saturated rings. The molecule has 1 atom stereocenters. The summed E-state index contributed by atoms with van der Waals surface area (Å²) in [5.41, 5.74) is -4.60. The molecule has 14 heteroatoms. The monoisotopic (exact) mass is 536 g/mol. The van der Waals surface area contributed by atoms with Crippen LogP contribution in [0.5, 0.6) is 0 Å². The lowest BCUT2D eigenvalue weighted by Crippen LogP contribution is -2.41. The lowest BCUT2D eigenvalue weighted by atomic mass is 10.3. The van der Waals surface area contributed by atoms with Crippen molar-refractivity contribution in [2.75, 3.05) is 13.1 Å². The van der Waals surface area contributed by atoms with Crippen LogP contribution in [0, 0.1) is 5.82 Å². The van der Waals surface area contributed by atoms with E-state index in [1.807, 2.05) is 0 Å². The van der Waals surface area contributed by atoms with Gasteiger partial charge in [-0.2, -0.15) is 13.2 Å². The van der Waals surface area contributed by atoms with Gasteiger partial charge >= 0.3 is 11.9 Å². The standard InChI is InChI=1S/C21H21ClF4N4O4S/c1-10(2)18(32)27-5-6-28-19(33)11(3)35-15-8-14(13(23)7-12(15)22)30-17(31)9-16(21(24,25)26)29(4)20(30)34/h7-9,11H,1,5-6H2,2-4H3,(H,27,32)(H,28,33). The van der Waals surface area contributed by atoms with Gasteiger partial charge in [0.25, 0.3) is 5.56 Å². The second-order valence-electron chi connectivity index (χ2n) is 7.36. The topological polar surface area (TPSA) is 102 Å². The second kappa shape index (κ2) is 11.1. The molecule has 2 N–H and O–H groups in total. The maximum absolute atomic E-state index is 14.6. The van der Waals surface area contributed by atoms with E-state index in [0.29, 0.717) is 5.57 Å². The number of nitrogens with zero attached hydrogens (tertiary/aromatic N) is 2. The first-order chi connectivity index (χ1) is 16.1. The van der Waals surface area contributed by atoms with Crippen LogP contribution in [0.15, 0.2) is 44.8 Å². The molecular weight excluding hydrogens is 516 g/mol. The zero-order valence-electron chi connectivity index (χ0n) is 18.8. The molecule has 0 saturated carbocycles. The number of rotatable bonds is 8. The summed E-state index contributed by atoms with van der Waals surface area (Å²) in [4.78, 5) is 48.7. The maximum atomic E-state index is 14.6. The minimum absolute atomic E-state index is 0.107. The van der Waals surface area contributed by atoms with Gasteiger partial charge in [0.05, 0.1) is 16.0 Å². The highest BCUT2D eigenvalue weighted by Crippen LogP contribution is 2.33. The lowest BCUT2D eigenvalue weighted by molar-refractivity contribution is -0.144. The van der Waals surface area contributed by atoms with Crippen LogP contribution in [0.4, 0.5) is 17.6 Å². The van der Waals surface area contributed by atoms with Crippen molar-refractivity contribution in [2.45, 2.75) is 30.2 Å². The van der Waals surface area contributed by atoms with Gasteiger partial charge in [0, 0.05) is 36.7 Å². The molecule has 0 aliphatic heterocycles. The molecule has 2 rings (SSSR count). The number of benzene rings is 1. The molecule has 0 bridgehead atoms. The van der Waals surface area contributed by atoms with E-state index < -0.39 is 45.8 Å². The highest BCUT2D eigenvalue weighted by molar-refractivity contribution is 8.00. The Bertz CT molecular complexity index is 1290. The van der Waals surface area contributed by atoms with Crippen LogP contribution >= 0.6 is 23.4 Å². The van der Waals surface area contributed by atoms with Crippen molar-refractivity contribution >= 4 is 35.2 Å². The Balaban J connectivity index is 2.29. The molecule has 0 saturated heterocycles. The van der Waals surface area contributed by atoms with Crippen LogP contribution < -0.4 is 21.9 Å². The zero-order chi connectivity index (χ0) is 26.7. The fourth-order valence-electron chi connectivity index (χ4n) is 2.80. The molecule has 35 heavy (non-hydrogen) atoms. The summed E-state index contributed by atoms with van der Waals surface area (Å²) in [6.45, 7) is 6.79. The summed E-state index contributed by atoms with van der Waals surface area (Å²) in [6.07, 6.45) is -4.97. The van der Waals surface area contributed by atoms with Gasteiger partial charge in [-0.1, -0.05) is 18.2 Å². The third-order valence-corrected chi connectivity index (χ3v) is 6.21. The number of nitrogens with one attached hydrogen (secondary N) is 2. The van der Waals surface area contributed by atoms with Gasteiger partial charge in [-0.15, -0.1) is 11.8 Å². The fourth-order valence-corrected chi connectivity index (χ4v) is 4.01. The van der Waals surface area contributed by atoms with Crippen LogP contribution in [0.3, 0.4) is 0 Å². The number of thioether (sulfide) groups is 1. The summed E-state index contributed by atoms with van der Waals surface area (Å²) in [7, 11) is 0.801. The molecule has 2 amide bonds. The van der Waals surface area contributed by atoms with Crippen LogP contribution in [0.25, 0.3) is 5.69 Å². The van der Waals surface area contributed by atoms with Crippen molar-refractivity contribution in [2.24, 2.45) is 7.05 Å². The fraction of sp³-hybridized carbons (Fsp3) is 0.333. The van der Waals surface area contributed by atoms with E-state index in [9.17, 15) is 36.7 Å². The van der Waals surface area contributed by atoms with Gasteiger partial charge < -0.3 is 10.6 Å². The Morgan fingerprint density at radius 3 is 2.34 bits per heavy atom. The van der Waals surface area contributed by atoms with E-state index in [-0.39, 0.29) is 44.1 Å². The molecule has 0 radical (unpaired) electrons. The van der Waals surface area contributed by atoms with Crippen molar-refractivity contribution in [3.63, 3.8) is 0 Å². The minimum Gasteiger partial charge on any atom is -0.353 e. The Labute approximate surface area is 206 Å². The van der Waals surface area contributed by atoms with Crippen LogP contribution in [0.1, 0.15) is 19.5 Å². The first kappa shape index (κ1) is 28.2. The van der Waals surface area contributed by atoms with Crippen LogP contribution in [-0.2, 0) is 22.8 Å². The number of carbonyl (C=O) groups is 2. The molecule has 2 aromatic rings. The van der Waals surface area contributed by atoms with Gasteiger partial charge in [-0.3, -0.25) is 19.0 Å². The Kier molecular flexibility index (Phi) is 8.95. The molecule has 0 spiro atoms. The Morgan fingerprint density at radius 2 is 1.77 bits per heavy atom. The second-order valence-corrected chi connectivity index (χ2v) is 9.15. The molecule has 1 aromatic heterocycles. The highest BCUT2D eigenvalue weighted by Gasteiger charge is 2.35. The first-order valence-corrected chi connectivity index (χ1v) is 11.2. The molecule has 8 nitrogen and oxygen atoms in total. The van der Waals surface area contributed by atoms with Crippen molar-refractivity contribution in [3.05, 3.63) is 67.7 Å². The van der Waals surface area contributed by atoms with Gasteiger partial charge in [0.2, 0.25) is 11.8 Å². The number of carbonyl (C=O) groups excluding carboxylic acids is 2. The smallest absolute Gasteiger partial charge is 0.353 e. The number of alkyl halides is 3. The van der Waals surface area contributed by atoms with E-state index in [0.717, 1.165) is 30.9 Å². The predicted octanol–water partition coefficient (Wildman–Crippen LogP) is 2.64. The van der Waals surface area contributed by atoms with Crippen LogP contribution in [-0.4, -0.2) is 39.3 Å². The predicted molar refractivity (Wildman–Crippen MR) is 123 cm³/mol. The van der Waals surface area contributed by atoms with Crippen molar-refractivity contribution in [1.29, 1.82) is 0 Å². The van der Waals surface area contributed by atoms with E-state index >= 15 is 0 Å². The van der Waals surface area contributed by atoms with Gasteiger partial charge in [0.1, 0.15) is 11.5 Å². The highest BCUT2D eigenvalue weighted by atomic mass is 35.5. The molecule has 0 aliphatic carbocycles. The van der Waals surface area contributed by atoms with Crippen molar-refractivity contribution in [3.8, 4) is 5.69 Å². The lowest BCUT2D eigenvalue weighted by Gasteiger charge is -2.16. The maximum Gasteiger partial charge on any atom is 0.431 e.